The predicted molar refractivity (Wildman–Crippen MR) is 136 cm³/mol. The molecule has 0 aromatic heterocycles. The second-order valence-electron chi connectivity index (χ2n) is 8.89. The highest BCUT2D eigenvalue weighted by Gasteiger charge is 2.40. The number of hydrogen-bond donors (Lipinski definition) is 6. The number of thiol groups is 1. The quantitative estimate of drug-likeness (QED) is 0.213. The number of unbranched alkanes of at least 4 members (excludes halogenated alkanes) is 1. The van der Waals surface area contributed by atoms with Gasteiger partial charge in [-0.3, -0.25) is 4.79 Å². The Morgan fingerprint density at radius 1 is 1.15 bits per heavy atom. The molecule has 1 heterocycles. The Morgan fingerprint density at radius 3 is 2.53 bits per heavy atom. The molecule has 6 atom stereocenters. The number of nitrogens with two attached hydrogens (primary N) is 1. The van der Waals surface area contributed by atoms with E-state index in [9.17, 15) is 20.1 Å². The number of carbonyl (C=O) groups is 1. The zero-order chi connectivity index (χ0) is 24.8. The first-order valence-electron chi connectivity index (χ1n) is 11.4. The van der Waals surface area contributed by atoms with Crippen molar-refractivity contribution in [2.45, 2.75) is 55.3 Å². The van der Waals surface area contributed by atoms with Crippen LogP contribution in [-0.2, 0) is 11.2 Å². The van der Waals surface area contributed by atoms with Gasteiger partial charge in [-0.05, 0) is 66.8 Å². The molecule has 188 valence electrons. The van der Waals surface area contributed by atoms with Crippen molar-refractivity contribution < 1.29 is 30.0 Å². The Morgan fingerprint density at radius 2 is 1.85 bits per heavy atom. The van der Waals surface area contributed by atoms with Crippen LogP contribution in [0.4, 0.5) is 0 Å². The van der Waals surface area contributed by atoms with Crippen molar-refractivity contribution in [1.29, 1.82) is 0 Å². The molecule has 1 saturated heterocycles. The van der Waals surface area contributed by atoms with E-state index in [1.54, 1.807) is 0 Å². The number of carboxylic acids is 1. The number of hydrogen-bond acceptors (Lipinski definition) is 6. The lowest BCUT2D eigenvalue weighted by Gasteiger charge is -2.42. The third kappa shape index (κ3) is 6.87. The summed E-state index contributed by atoms with van der Waals surface area (Å²) in [6.45, 7) is 0.490. The van der Waals surface area contributed by atoms with Crippen LogP contribution >= 0.6 is 22.5 Å². The van der Waals surface area contributed by atoms with Crippen LogP contribution in [0, 0.1) is 0 Å². The maximum Gasteiger partial charge on any atom is 0.320 e. The average Bonchev–Trinajstić information content (AvgIpc) is 2.80. The molecule has 0 bridgehead atoms. The number of benzene rings is 2. The molecular formula is C25H34ClNO6S. The second kappa shape index (κ2) is 12.2. The van der Waals surface area contributed by atoms with Gasteiger partial charge in [-0.1, -0.05) is 35.9 Å². The summed E-state index contributed by atoms with van der Waals surface area (Å²) in [6.07, 6.45) is 1.43. The van der Waals surface area contributed by atoms with Crippen molar-refractivity contribution in [3.63, 3.8) is 0 Å². The Bertz CT molecular complexity index is 959. The van der Waals surface area contributed by atoms with Crippen LogP contribution in [0.15, 0.2) is 42.5 Å². The molecular weight excluding hydrogens is 478 g/mol. The Kier molecular flexibility index (Phi) is 9.65. The first-order chi connectivity index (χ1) is 16.2. The molecule has 1 aliphatic rings. The Balaban J connectivity index is 1.59. The highest BCUT2D eigenvalue weighted by Crippen LogP contribution is 2.48. The van der Waals surface area contributed by atoms with Crippen LogP contribution in [0.3, 0.4) is 0 Å². The average molecular weight is 512 g/mol. The van der Waals surface area contributed by atoms with Gasteiger partial charge in [0.15, 0.2) is 0 Å². The van der Waals surface area contributed by atoms with E-state index in [1.807, 2.05) is 48.7 Å². The molecule has 3 rings (SSSR count). The standard InChI is InChI=1S/C25H34ClNO6S/c1-34-14-21(28)22(29)23(30)24(34)16-7-10-19(26)17(13-16)12-15-5-8-18(9-6-15)33-11-3-2-4-20(27)25(31)32/h5-10,13,20-24,28-30,34H,2-4,11-12,14,27H2,1H3,(H,31,32)/t20-,21+,22+,23+,24-/m0/s1. The molecule has 1 aliphatic heterocycles. The van der Waals surface area contributed by atoms with Crippen molar-refractivity contribution in [2.24, 2.45) is 5.73 Å². The van der Waals surface area contributed by atoms with Crippen LogP contribution in [0.1, 0.15) is 41.2 Å². The minimum absolute atomic E-state index is 0.217. The molecule has 34 heavy (non-hydrogen) atoms. The molecule has 0 radical (unpaired) electrons. The molecule has 0 spiro atoms. The van der Waals surface area contributed by atoms with E-state index in [4.69, 9.17) is 27.2 Å². The summed E-state index contributed by atoms with van der Waals surface area (Å²) in [4.78, 5) is 10.7. The Labute approximate surface area is 207 Å². The van der Waals surface area contributed by atoms with E-state index in [2.05, 4.69) is 0 Å². The number of rotatable bonds is 10. The molecule has 0 amide bonds. The highest BCUT2D eigenvalue weighted by molar-refractivity contribution is 8.16. The number of aliphatic carboxylic acids is 1. The summed E-state index contributed by atoms with van der Waals surface area (Å²) in [6, 6.07) is 12.6. The van der Waals surface area contributed by atoms with Gasteiger partial charge in [-0.2, -0.15) is 0 Å². The van der Waals surface area contributed by atoms with E-state index >= 15 is 0 Å². The largest absolute Gasteiger partial charge is 0.494 e. The van der Waals surface area contributed by atoms with E-state index in [0.717, 1.165) is 28.9 Å². The molecule has 0 aliphatic carbocycles. The summed E-state index contributed by atoms with van der Waals surface area (Å²) < 4.78 is 5.73. The maximum absolute atomic E-state index is 10.7. The lowest BCUT2D eigenvalue weighted by Crippen LogP contribution is -2.47. The summed E-state index contributed by atoms with van der Waals surface area (Å²) in [7, 11) is -0.694. The van der Waals surface area contributed by atoms with Crippen LogP contribution in [0.2, 0.25) is 5.02 Å². The molecule has 1 unspecified atom stereocenters. The van der Waals surface area contributed by atoms with Gasteiger partial charge in [0.1, 0.15) is 17.9 Å². The van der Waals surface area contributed by atoms with E-state index in [-0.39, 0.29) is 5.25 Å². The van der Waals surface area contributed by atoms with Crippen molar-refractivity contribution >= 4 is 28.5 Å². The van der Waals surface area contributed by atoms with Crippen LogP contribution in [-0.4, -0.2) is 69.4 Å². The lowest BCUT2D eigenvalue weighted by molar-refractivity contribution is -0.138. The monoisotopic (exact) mass is 511 g/mol. The number of aliphatic hydroxyl groups is 3. The number of carboxylic acid groups (broad SMARTS) is 1. The highest BCUT2D eigenvalue weighted by atomic mass is 35.5. The topological polar surface area (TPSA) is 133 Å². The van der Waals surface area contributed by atoms with Crippen molar-refractivity contribution in [1.82, 2.24) is 0 Å². The third-order valence-electron chi connectivity index (χ3n) is 6.24. The van der Waals surface area contributed by atoms with Gasteiger partial charge in [0.2, 0.25) is 0 Å². The third-order valence-corrected chi connectivity index (χ3v) is 9.11. The Hall–Kier alpha value is -1.81. The number of halogens is 1. The molecule has 7 nitrogen and oxygen atoms in total. The molecule has 1 fully saturated rings. The summed E-state index contributed by atoms with van der Waals surface area (Å²) in [5.74, 6) is 0.244. The van der Waals surface area contributed by atoms with Gasteiger partial charge < -0.3 is 30.9 Å². The fourth-order valence-corrected chi connectivity index (χ4v) is 6.85. The molecule has 9 heteroatoms. The lowest BCUT2D eigenvalue weighted by atomic mass is 9.96. The molecule has 6 N–H and O–H groups in total. The van der Waals surface area contributed by atoms with Crippen molar-refractivity contribution in [3.8, 4) is 5.75 Å². The maximum atomic E-state index is 10.7. The summed E-state index contributed by atoms with van der Waals surface area (Å²) in [5.41, 5.74) is 8.40. The summed E-state index contributed by atoms with van der Waals surface area (Å²) in [5, 5.41) is 39.9. The summed E-state index contributed by atoms with van der Waals surface area (Å²) >= 11 is 6.46. The van der Waals surface area contributed by atoms with E-state index < -0.39 is 41.2 Å². The van der Waals surface area contributed by atoms with Gasteiger partial charge in [0.25, 0.3) is 0 Å². The predicted octanol–water partition coefficient (Wildman–Crippen LogP) is 2.66. The first kappa shape index (κ1) is 26.8. The van der Waals surface area contributed by atoms with E-state index in [0.29, 0.717) is 36.6 Å². The zero-order valence-electron chi connectivity index (χ0n) is 19.2. The van der Waals surface area contributed by atoms with E-state index in [1.165, 1.54) is 0 Å². The van der Waals surface area contributed by atoms with Gasteiger partial charge in [-0.25, -0.2) is 10.9 Å². The number of ether oxygens (including phenoxy) is 1. The second-order valence-corrected chi connectivity index (χ2v) is 11.7. The minimum atomic E-state index is -1.15. The van der Waals surface area contributed by atoms with Crippen molar-refractivity contribution in [3.05, 3.63) is 64.2 Å². The van der Waals surface area contributed by atoms with Gasteiger partial charge in [0, 0.05) is 16.0 Å². The van der Waals surface area contributed by atoms with Crippen LogP contribution in [0.5, 0.6) is 5.75 Å². The van der Waals surface area contributed by atoms with Crippen LogP contribution < -0.4 is 10.5 Å². The SMILES string of the molecule is C[SH]1C[C@@H](O)[C@@H](O)[C@@H](O)[C@@H]1c1ccc(Cl)c(Cc2ccc(OCCCC[C@H](N)C(=O)O)cc2)c1. The van der Waals surface area contributed by atoms with Gasteiger partial charge in [0.05, 0.1) is 18.8 Å². The minimum Gasteiger partial charge on any atom is -0.494 e. The van der Waals surface area contributed by atoms with Crippen LogP contribution in [0.25, 0.3) is 0 Å². The normalized spacial score (nSPS) is 26.7. The molecule has 2 aromatic rings. The first-order valence-corrected chi connectivity index (χ1v) is 13.8. The zero-order valence-corrected chi connectivity index (χ0v) is 20.8. The fourth-order valence-electron chi connectivity index (χ4n) is 4.26. The smallest absolute Gasteiger partial charge is 0.320 e. The van der Waals surface area contributed by atoms with Gasteiger partial charge in [-0.15, -0.1) is 0 Å². The van der Waals surface area contributed by atoms with Gasteiger partial charge >= 0.3 is 5.97 Å². The number of aliphatic hydroxyl groups excluding tert-OH is 3. The molecule has 0 saturated carbocycles. The molecule has 2 aromatic carbocycles. The fraction of sp³-hybridized carbons (Fsp3) is 0.480. The van der Waals surface area contributed by atoms with Crippen molar-refractivity contribution in [2.75, 3.05) is 18.6 Å².